The molecule has 3 N–H and O–H groups in total. The van der Waals surface area contributed by atoms with Crippen molar-refractivity contribution in [2.75, 3.05) is 12.8 Å². The van der Waals surface area contributed by atoms with Crippen molar-refractivity contribution in [2.24, 2.45) is 0 Å². The molecule has 0 spiro atoms. The molecule has 2 atom stereocenters. The number of alkyl carbamates (subject to hydrolysis) is 1. The Hall–Kier alpha value is -0.910. The number of amides is 1. The lowest BCUT2D eigenvalue weighted by Crippen LogP contribution is -2.37. The Bertz CT molecular complexity index is 358. The van der Waals surface area contributed by atoms with E-state index in [2.05, 4.69) is 5.32 Å². The van der Waals surface area contributed by atoms with E-state index in [1.807, 2.05) is 6.92 Å². The maximum Gasteiger partial charge on any atom is 0.407 e. The van der Waals surface area contributed by atoms with Crippen LogP contribution in [0.4, 0.5) is 4.79 Å². The quantitative estimate of drug-likeness (QED) is 0.390. The summed E-state index contributed by atoms with van der Waals surface area (Å²) in [5.41, 5.74) is -0.531. The molecule has 0 aromatic rings. The molecule has 0 saturated carbocycles. The lowest BCUT2D eigenvalue weighted by Gasteiger charge is -2.22. The summed E-state index contributed by atoms with van der Waals surface area (Å²) < 4.78 is 10.5. The normalized spacial score (nSPS) is 14.1. The number of carboxylic acids is 1. The highest BCUT2D eigenvalue weighted by atomic mass is 31.2. The van der Waals surface area contributed by atoms with Crippen molar-refractivity contribution in [2.45, 2.75) is 71.4 Å². The third-order valence-electron chi connectivity index (χ3n) is 2.79. The van der Waals surface area contributed by atoms with Crippen LogP contribution in [0.5, 0.6) is 0 Å². The van der Waals surface area contributed by atoms with E-state index < -0.39 is 26.0 Å². The van der Waals surface area contributed by atoms with Gasteiger partial charge in [-0.2, -0.15) is 0 Å². The predicted octanol–water partition coefficient (Wildman–Crippen LogP) is 3.26. The number of hydrogen-bond donors (Lipinski definition) is 3. The highest BCUT2D eigenvalue weighted by Crippen LogP contribution is 2.32. The maximum atomic E-state index is 11.6. The predicted molar refractivity (Wildman–Crippen MR) is 89.5 cm³/mol. The minimum Gasteiger partial charge on any atom is -0.481 e. The third-order valence-corrected chi connectivity index (χ3v) is 3.91. The summed E-state index contributed by atoms with van der Waals surface area (Å²) in [6.07, 6.45) is 2.90. The van der Waals surface area contributed by atoms with Crippen LogP contribution in [0.15, 0.2) is 0 Å². The minimum absolute atomic E-state index is 0.110. The lowest BCUT2D eigenvalue weighted by molar-refractivity contribution is -0.137. The molecule has 136 valence electrons. The number of carbonyl (C=O) groups is 2. The van der Waals surface area contributed by atoms with Gasteiger partial charge in [-0.05, 0) is 47.0 Å². The highest BCUT2D eigenvalue weighted by molar-refractivity contribution is 7.46. The number of unbranched alkanes of at least 4 members (excludes halogenated alkanes) is 2. The van der Waals surface area contributed by atoms with Gasteiger partial charge in [0.15, 0.2) is 8.38 Å². The number of carbonyl (C=O) groups excluding carboxylic acids is 1. The standard InChI is InChI=1S/C15H30NO6P/c1-12(16-14(19)22-15(2,3)4)9-11-23(20)21-10-7-5-6-8-13(17)18/h12,20H,5-11H2,1-4H3,(H,16,19)(H,17,18). The Labute approximate surface area is 139 Å². The fourth-order valence-corrected chi connectivity index (χ4v) is 2.75. The van der Waals surface area contributed by atoms with Gasteiger partial charge >= 0.3 is 12.1 Å². The summed E-state index contributed by atoms with van der Waals surface area (Å²) in [5, 5.41) is 11.2. The van der Waals surface area contributed by atoms with Gasteiger partial charge in [-0.15, -0.1) is 0 Å². The van der Waals surface area contributed by atoms with Crippen molar-refractivity contribution in [1.29, 1.82) is 0 Å². The molecular weight excluding hydrogens is 321 g/mol. The molecule has 0 radical (unpaired) electrons. The van der Waals surface area contributed by atoms with E-state index in [1.165, 1.54) is 0 Å². The smallest absolute Gasteiger partial charge is 0.407 e. The van der Waals surface area contributed by atoms with E-state index in [1.54, 1.807) is 20.8 Å². The van der Waals surface area contributed by atoms with E-state index in [0.29, 0.717) is 25.6 Å². The SMILES string of the molecule is CC(CCP(O)OCCCCCC(=O)O)NC(=O)OC(C)(C)C. The van der Waals surface area contributed by atoms with Crippen LogP contribution in [0.2, 0.25) is 0 Å². The van der Waals surface area contributed by atoms with Crippen molar-refractivity contribution in [3.8, 4) is 0 Å². The molecule has 1 amide bonds. The summed E-state index contributed by atoms with van der Waals surface area (Å²) in [6, 6.07) is -0.110. The maximum absolute atomic E-state index is 11.6. The van der Waals surface area contributed by atoms with Crippen LogP contribution < -0.4 is 5.32 Å². The van der Waals surface area contributed by atoms with E-state index in [9.17, 15) is 14.5 Å². The van der Waals surface area contributed by atoms with E-state index in [0.717, 1.165) is 12.8 Å². The van der Waals surface area contributed by atoms with Crippen LogP contribution in [0.3, 0.4) is 0 Å². The average molecular weight is 351 g/mol. The minimum atomic E-state index is -1.51. The Morgan fingerprint density at radius 1 is 1.22 bits per heavy atom. The highest BCUT2D eigenvalue weighted by Gasteiger charge is 2.18. The molecule has 0 fully saturated rings. The van der Waals surface area contributed by atoms with Crippen LogP contribution in [-0.2, 0) is 14.1 Å². The van der Waals surface area contributed by atoms with Crippen LogP contribution in [0.1, 0.15) is 59.8 Å². The molecule has 0 bridgehead atoms. The number of ether oxygens (including phenoxy) is 1. The van der Waals surface area contributed by atoms with Gasteiger partial charge in [0.2, 0.25) is 0 Å². The molecule has 0 aliphatic carbocycles. The monoisotopic (exact) mass is 351 g/mol. The van der Waals surface area contributed by atoms with E-state index >= 15 is 0 Å². The van der Waals surface area contributed by atoms with Gasteiger partial charge in [-0.25, -0.2) is 4.79 Å². The Morgan fingerprint density at radius 3 is 2.43 bits per heavy atom. The van der Waals surface area contributed by atoms with Gasteiger partial charge in [0, 0.05) is 18.6 Å². The van der Waals surface area contributed by atoms with Crippen LogP contribution in [0.25, 0.3) is 0 Å². The molecule has 0 heterocycles. The molecule has 2 unspecified atom stereocenters. The summed E-state index contributed by atoms with van der Waals surface area (Å²) in [4.78, 5) is 31.7. The molecule has 0 aliphatic rings. The molecule has 0 aromatic heterocycles. The zero-order valence-electron chi connectivity index (χ0n) is 14.5. The number of nitrogens with one attached hydrogen (secondary N) is 1. The zero-order valence-corrected chi connectivity index (χ0v) is 15.4. The van der Waals surface area contributed by atoms with Crippen LogP contribution in [0, 0.1) is 0 Å². The second kappa shape index (κ2) is 11.6. The second-order valence-corrected chi connectivity index (χ2v) is 7.86. The van der Waals surface area contributed by atoms with E-state index in [4.69, 9.17) is 14.4 Å². The van der Waals surface area contributed by atoms with Crippen molar-refractivity contribution >= 4 is 20.4 Å². The number of hydrogen-bond acceptors (Lipinski definition) is 5. The Morgan fingerprint density at radius 2 is 1.87 bits per heavy atom. The Kier molecular flexibility index (Phi) is 11.1. The topological polar surface area (TPSA) is 105 Å². The van der Waals surface area contributed by atoms with Gasteiger partial charge in [-0.3, -0.25) is 4.79 Å². The first-order chi connectivity index (χ1) is 10.6. The summed E-state index contributed by atoms with van der Waals surface area (Å²) in [7, 11) is -1.51. The van der Waals surface area contributed by atoms with Gasteiger partial charge in [-0.1, -0.05) is 6.42 Å². The third kappa shape index (κ3) is 15.8. The van der Waals surface area contributed by atoms with Gasteiger partial charge in [0.1, 0.15) is 5.60 Å². The van der Waals surface area contributed by atoms with Crippen LogP contribution >= 0.6 is 8.38 Å². The lowest BCUT2D eigenvalue weighted by atomic mass is 10.2. The zero-order chi connectivity index (χ0) is 17.9. The summed E-state index contributed by atoms with van der Waals surface area (Å²) >= 11 is 0. The molecule has 0 aromatic carbocycles. The van der Waals surface area contributed by atoms with Crippen molar-refractivity contribution in [3.05, 3.63) is 0 Å². The molecule has 8 heteroatoms. The fraction of sp³-hybridized carbons (Fsp3) is 0.867. The van der Waals surface area contributed by atoms with Gasteiger partial charge in [0.05, 0.1) is 6.61 Å². The summed E-state index contributed by atoms with van der Waals surface area (Å²) in [6.45, 7) is 7.67. The first-order valence-corrected chi connectivity index (χ1v) is 9.30. The molecule has 0 saturated heterocycles. The number of rotatable bonds is 11. The molecule has 7 nitrogen and oxygen atoms in total. The molecule has 0 aliphatic heterocycles. The average Bonchev–Trinajstić information content (AvgIpc) is 2.37. The van der Waals surface area contributed by atoms with Crippen LogP contribution in [-0.4, -0.2) is 46.5 Å². The molecule has 0 rings (SSSR count). The van der Waals surface area contributed by atoms with E-state index in [-0.39, 0.29) is 12.5 Å². The Balaban J connectivity index is 3.66. The van der Waals surface area contributed by atoms with Crippen molar-refractivity contribution in [1.82, 2.24) is 5.32 Å². The second-order valence-electron chi connectivity index (χ2n) is 6.45. The first-order valence-electron chi connectivity index (χ1n) is 7.91. The molecule has 23 heavy (non-hydrogen) atoms. The van der Waals surface area contributed by atoms with Gasteiger partial charge < -0.3 is 24.6 Å². The van der Waals surface area contributed by atoms with Crippen molar-refractivity contribution in [3.63, 3.8) is 0 Å². The summed E-state index contributed by atoms with van der Waals surface area (Å²) in [5.74, 6) is -0.790. The number of carboxylic acid groups (broad SMARTS) is 1. The first kappa shape index (κ1) is 22.1. The molecular formula is C15H30NO6P. The van der Waals surface area contributed by atoms with Gasteiger partial charge in [0.25, 0.3) is 0 Å². The fourth-order valence-electron chi connectivity index (χ4n) is 1.67. The number of aliphatic carboxylic acids is 1. The largest absolute Gasteiger partial charge is 0.481 e. The van der Waals surface area contributed by atoms with Crippen molar-refractivity contribution < 1.29 is 28.8 Å².